The van der Waals surface area contributed by atoms with Gasteiger partial charge in [-0.05, 0) is 18.1 Å². The summed E-state index contributed by atoms with van der Waals surface area (Å²) in [5, 5.41) is 3.48. The maximum absolute atomic E-state index is 4.28. The van der Waals surface area contributed by atoms with Crippen LogP contribution in [0.2, 0.25) is 0 Å². The van der Waals surface area contributed by atoms with E-state index in [2.05, 4.69) is 45.3 Å². The number of hydrogen-bond donors (Lipinski definition) is 1. The Morgan fingerprint density at radius 1 is 1.41 bits per heavy atom. The normalized spacial score (nSPS) is 19.0. The summed E-state index contributed by atoms with van der Waals surface area (Å²) < 4.78 is 2.18. The summed E-state index contributed by atoms with van der Waals surface area (Å²) in [6.07, 6.45) is 4.03. The Balaban J connectivity index is 1.85. The van der Waals surface area contributed by atoms with Gasteiger partial charge in [0.1, 0.15) is 0 Å². The molecule has 3 heteroatoms. The molecular formula is C14H17N3. The zero-order valence-corrected chi connectivity index (χ0v) is 10.1. The second-order valence-electron chi connectivity index (χ2n) is 4.74. The van der Waals surface area contributed by atoms with Gasteiger partial charge in [-0.2, -0.15) is 0 Å². The van der Waals surface area contributed by atoms with E-state index in [-0.39, 0.29) is 0 Å². The Hall–Kier alpha value is -1.61. The van der Waals surface area contributed by atoms with E-state index >= 15 is 0 Å². The Bertz CT molecular complexity index is 516. The van der Waals surface area contributed by atoms with E-state index in [1.54, 1.807) is 0 Å². The molecule has 1 N–H and O–H groups in total. The van der Waals surface area contributed by atoms with E-state index in [1.807, 2.05) is 13.3 Å². The molecule has 1 aromatic carbocycles. The van der Waals surface area contributed by atoms with Crippen molar-refractivity contribution in [1.82, 2.24) is 14.9 Å². The average Bonchev–Trinajstić information content (AvgIpc) is 2.75. The Kier molecular flexibility index (Phi) is 2.69. The number of rotatable bonds is 2. The van der Waals surface area contributed by atoms with Crippen molar-refractivity contribution in [2.45, 2.75) is 25.9 Å². The molecule has 88 valence electrons. The molecule has 1 aliphatic rings. The summed E-state index contributed by atoms with van der Waals surface area (Å²) >= 11 is 0. The fourth-order valence-corrected chi connectivity index (χ4v) is 2.57. The van der Waals surface area contributed by atoms with Crippen molar-refractivity contribution in [3.63, 3.8) is 0 Å². The number of hydrogen-bond acceptors (Lipinski definition) is 2. The van der Waals surface area contributed by atoms with Crippen LogP contribution in [0.25, 0.3) is 0 Å². The highest BCUT2D eigenvalue weighted by molar-refractivity contribution is 5.32. The Labute approximate surface area is 101 Å². The van der Waals surface area contributed by atoms with Crippen molar-refractivity contribution in [3.8, 4) is 0 Å². The van der Waals surface area contributed by atoms with E-state index in [4.69, 9.17) is 0 Å². The van der Waals surface area contributed by atoms with Crippen LogP contribution in [0.1, 0.15) is 22.7 Å². The third kappa shape index (κ3) is 2.11. The first-order valence-corrected chi connectivity index (χ1v) is 6.10. The highest BCUT2D eigenvalue weighted by Gasteiger charge is 2.19. The van der Waals surface area contributed by atoms with Gasteiger partial charge in [0.15, 0.2) is 0 Å². The van der Waals surface area contributed by atoms with Gasteiger partial charge in [-0.3, -0.25) is 0 Å². The maximum Gasteiger partial charge on any atom is 0.0949 e. The van der Waals surface area contributed by atoms with Crippen LogP contribution >= 0.6 is 0 Å². The molecule has 0 spiro atoms. The summed E-state index contributed by atoms with van der Waals surface area (Å²) in [6.45, 7) is 5.08. The van der Waals surface area contributed by atoms with Crippen LogP contribution in [0.15, 0.2) is 36.8 Å². The first kappa shape index (κ1) is 10.5. The highest BCUT2D eigenvalue weighted by atomic mass is 15.0. The van der Waals surface area contributed by atoms with Gasteiger partial charge in [-0.1, -0.05) is 24.3 Å². The lowest BCUT2D eigenvalue weighted by Crippen LogP contribution is -2.30. The van der Waals surface area contributed by atoms with Crippen molar-refractivity contribution in [3.05, 3.63) is 53.6 Å². The topological polar surface area (TPSA) is 29.9 Å². The van der Waals surface area contributed by atoms with Crippen LogP contribution in [0, 0.1) is 6.92 Å². The minimum Gasteiger partial charge on any atom is -0.337 e. The van der Waals surface area contributed by atoms with Gasteiger partial charge >= 0.3 is 0 Å². The molecule has 0 amide bonds. The van der Waals surface area contributed by atoms with Gasteiger partial charge in [0.05, 0.1) is 12.0 Å². The van der Waals surface area contributed by atoms with E-state index in [0.717, 1.165) is 25.3 Å². The number of aryl methyl sites for hydroxylation is 1. The maximum atomic E-state index is 4.28. The second kappa shape index (κ2) is 4.34. The molecule has 1 unspecified atom stereocenters. The van der Waals surface area contributed by atoms with Crippen molar-refractivity contribution >= 4 is 0 Å². The molecule has 2 heterocycles. The quantitative estimate of drug-likeness (QED) is 0.851. The minimum absolute atomic E-state index is 0.550. The van der Waals surface area contributed by atoms with Crippen LogP contribution in [-0.4, -0.2) is 16.1 Å². The number of nitrogens with one attached hydrogen (secondary N) is 1. The number of nitrogens with zero attached hydrogens (tertiary/aromatic N) is 2. The smallest absolute Gasteiger partial charge is 0.0949 e. The molecule has 0 saturated carbocycles. The molecule has 17 heavy (non-hydrogen) atoms. The lowest BCUT2D eigenvalue weighted by atomic mass is 9.91. The third-order valence-electron chi connectivity index (χ3n) is 3.39. The van der Waals surface area contributed by atoms with Crippen molar-refractivity contribution in [1.29, 1.82) is 0 Å². The van der Waals surface area contributed by atoms with Crippen molar-refractivity contribution in [2.75, 3.05) is 6.54 Å². The molecule has 1 atom stereocenters. The predicted molar refractivity (Wildman–Crippen MR) is 67.9 cm³/mol. The zero-order valence-electron chi connectivity index (χ0n) is 10.1. The number of fused-ring (bicyclic) bond motifs is 1. The van der Waals surface area contributed by atoms with Crippen LogP contribution in [0.4, 0.5) is 0 Å². The lowest BCUT2D eigenvalue weighted by molar-refractivity contribution is 0.481. The molecule has 3 nitrogen and oxygen atoms in total. The van der Waals surface area contributed by atoms with Crippen LogP contribution in [-0.2, 0) is 13.1 Å². The SMILES string of the molecule is Cc1cn(CC2CNCc3ccccc32)cn1. The monoisotopic (exact) mass is 227 g/mol. The highest BCUT2D eigenvalue weighted by Crippen LogP contribution is 2.25. The fourth-order valence-electron chi connectivity index (χ4n) is 2.57. The molecule has 0 fully saturated rings. The molecule has 1 aromatic heterocycles. The molecule has 0 saturated heterocycles. The summed E-state index contributed by atoms with van der Waals surface area (Å²) in [5.41, 5.74) is 4.00. The van der Waals surface area contributed by atoms with Gasteiger partial charge < -0.3 is 9.88 Å². The summed E-state index contributed by atoms with van der Waals surface area (Å²) in [5.74, 6) is 0.550. The molecule has 0 bridgehead atoms. The lowest BCUT2D eigenvalue weighted by Gasteiger charge is -2.26. The molecular weight excluding hydrogens is 210 g/mol. The molecule has 0 radical (unpaired) electrons. The summed E-state index contributed by atoms with van der Waals surface area (Å²) in [7, 11) is 0. The van der Waals surface area contributed by atoms with E-state index < -0.39 is 0 Å². The summed E-state index contributed by atoms with van der Waals surface area (Å²) in [6, 6.07) is 8.72. The van der Waals surface area contributed by atoms with E-state index in [9.17, 15) is 0 Å². The van der Waals surface area contributed by atoms with Gasteiger partial charge in [0.2, 0.25) is 0 Å². The Morgan fingerprint density at radius 3 is 3.12 bits per heavy atom. The van der Waals surface area contributed by atoms with Crippen LogP contribution in [0.5, 0.6) is 0 Å². The van der Waals surface area contributed by atoms with Gasteiger partial charge in [0.25, 0.3) is 0 Å². The van der Waals surface area contributed by atoms with Crippen LogP contribution < -0.4 is 5.32 Å². The molecule has 0 aliphatic carbocycles. The fraction of sp³-hybridized carbons (Fsp3) is 0.357. The van der Waals surface area contributed by atoms with E-state index in [1.165, 1.54) is 11.1 Å². The number of imidazole rings is 1. The number of aromatic nitrogens is 2. The molecule has 2 aromatic rings. The predicted octanol–water partition coefficient (Wildman–Crippen LogP) is 2.08. The second-order valence-corrected chi connectivity index (χ2v) is 4.74. The van der Waals surface area contributed by atoms with Gasteiger partial charge in [-0.15, -0.1) is 0 Å². The number of benzene rings is 1. The van der Waals surface area contributed by atoms with Crippen molar-refractivity contribution in [2.24, 2.45) is 0 Å². The third-order valence-corrected chi connectivity index (χ3v) is 3.39. The molecule has 3 rings (SSSR count). The average molecular weight is 227 g/mol. The van der Waals surface area contributed by atoms with Crippen LogP contribution in [0.3, 0.4) is 0 Å². The van der Waals surface area contributed by atoms with Crippen molar-refractivity contribution < 1.29 is 0 Å². The first-order chi connectivity index (χ1) is 8.33. The minimum atomic E-state index is 0.550. The Morgan fingerprint density at radius 2 is 2.29 bits per heavy atom. The largest absolute Gasteiger partial charge is 0.337 e. The van der Waals surface area contributed by atoms with Gasteiger partial charge in [-0.25, -0.2) is 4.98 Å². The van der Waals surface area contributed by atoms with E-state index in [0.29, 0.717) is 5.92 Å². The summed E-state index contributed by atoms with van der Waals surface area (Å²) in [4.78, 5) is 4.28. The zero-order chi connectivity index (χ0) is 11.7. The van der Waals surface area contributed by atoms with Gasteiger partial charge in [0, 0.05) is 31.7 Å². The molecule has 1 aliphatic heterocycles. The first-order valence-electron chi connectivity index (χ1n) is 6.10. The standard InChI is InChI=1S/C14H17N3/c1-11-8-17(10-16-11)9-13-7-15-6-12-4-2-3-5-14(12)13/h2-5,8,10,13,15H,6-7,9H2,1H3.